The maximum Gasteiger partial charge on any atom is 0.234 e. The molecule has 1 saturated carbocycles. The Hall–Kier alpha value is -0.650. The average molecular weight is 297 g/mol. The van der Waals surface area contributed by atoms with Crippen molar-refractivity contribution >= 4 is 5.91 Å². The first-order valence-corrected chi connectivity index (χ1v) is 8.25. The summed E-state index contributed by atoms with van der Waals surface area (Å²) in [6, 6.07) is 0. The molecule has 5 heteroatoms. The van der Waals surface area contributed by atoms with E-state index in [0.29, 0.717) is 13.1 Å². The number of nitrogens with zero attached hydrogens (tertiary/aromatic N) is 1. The van der Waals surface area contributed by atoms with Crippen LogP contribution in [0.2, 0.25) is 0 Å². The van der Waals surface area contributed by atoms with Crippen LogP contribution in [-0.4, -0.2) is 61.3 Å². The van der Waals surface area contributed by atoms with Gasteiger partial charge in [0, 0.05) is 25.2 Å². The summed E-state index contributed by atoms with van der Waals surface area (Å²) >= 11 is 0. The van der Waals surface area contributed by atoms with Crippen molar-refractivity contribution in [2.24, 2.45) is 5.92 Å². The third kappa shape index (κ3) is 5.57. The fraction of sp³-hybridized carbons (Fsp3) is 0.938. The summed E-state index contributed by atoms with van der Waals surface area (Å²) in [4.78, 5) is 14.3. The van der Waals surface area contributed by atoms with Crippen molar-refractivity contribution < 1.29 is 9.53 Å². The van der Waals surface area contributed by atoms with E-state index in [4.69, 9.17) is 4.74 Å². The lowest BCUT2D eigenvalue weighted by Gasteiger charge is -2.45. The quantitative estimate of drug-likeness (QED) is 0.736. The molecule has 2 N–H and O–H groups in total. The monoisotopic (exact) mass is 297 g/mol. The zero-order valence-corrected chi connectivity index (χ0v) is 13.9. The first-order valence-electron chi connectivity index (χ1n) is 8.25. The summed E-state index contributed by atoms with van der Waals surface area (Å²) in [6.07, 6.45) is 3.14. The summed E-state index contributed by atoms with van der Waals surface area (Å²) in [6.45, 7) is 12.5. The number of hydrogen-bond donors (Lipinski definition) is 2. The third-order valence-electron chi connectivity index (χ3n) is 4.41. The molecule has 1 amide bonds. The van der Waals surface area contributed by atoms with Crippen molar-refractivity contribution in [2.45, 2.75) is 58.3 Å². The number of carbonyl (C=O) groups is 1. The minimum atomic E-state index is -0.0432. The van der Waals surface area contributed by atoms with Crippen LogP contribution in [0.4, 0.5) is 0 Å². The van der Waals surface area contributed by atoms with Crippen LogP contribution in [0, 0.1) is 5.92 Å². The van der Waals surface area contributed by atoms with Crippen molar-refractivity contribution in [3.8, 4) is 0 Å². The molecule has 2 aliphatic rings. The molecule has 0 spiro atoms. The molecule has 0 aromatic heterocycles. The van der Waals surface area contributed by atoms with Gasteiger partial charge < -0.3 is 15.4 Å². The predicted octanol–water partition coefficient (Wildman–Crippen LogP) is 0.990. The Morgan fingerprint density at radius 1 is 1.24 bits per heavy atom. The molecule has 1 aliphatic carbocycles. The zero-order valence-electron chi connectivity index (χ0n) is 13.9. The maximum atomic E-state index is 11.9. The van der Waals surface area contributed by atoms with Crippen LogP contribution in [0.15, 0.2) is 0 Å². The van der Waals surface area contributed by atoms with Crippen molar-refractivity contribution in [2.75, 3.05) is 32.7 Å². The summed E-state index contributed by atoms with van der Waals surface area (Å²) in [5, 5.41) is 6.29. The van der Waals surface area contributed by atoms with Gasteiger partial charge >= 0.3 is 0 Å². The van der Waals surface area contributed by atoms with Gasteiger partial charge in [-0.2, -0.15) is 0 Å². The standard InChI is InChI=1S/C16H31N3O2/c1-12-9-19(10-13(2)21-12)16(3,4)11-18-15(20)8-17-7-14-5-6-14/h12-14,17H,5-11H2,1-4H3,(H,18,20). The molecule has 1 aliphatic heterocycles. The van der Waals surface area contributed by atoms with Crippen LogP contribution >= 0.6 is 0 Å². The number of morpholine rings is 1. The Morgan fingerprint density at radius 2 is 1.86 bits per heavy atom. The normalized spacial score (nSPS) is 27.6. The highest BCUT2D eigenvalue weighted by molar-refractivity contribution is 5.78. The van der Waals surface area contributed by atoms with Crippen LogP contribution in [0.3, 0.4) is 0 Å². The lowest BCUT2D eigenvalue weighted by atomic mass is 10.00. The molecule has 0 bridgehead atoms. The van der Waals surface area contributed by atoms with Gasteiger partial charge in [-0.15, -0.1) is 0 Å². The largest absolute Gasteiger partial charge is 0.373 e. The SMILES string of the molecule is CC1CN(C(C)(C)CNC(=O)CNCC2CC2)CC(C)O1. The van der Waals surface area contributed by atoms with Crippen LogP contribution in [0.1, 0.15) is 40.5 Å². The van der Waals surface area contributed by atoms with Crippen LogP contribution in [0.25, 0.3) is 0 Å². The molecule has 21 heavy (non-hydrogen) atoms. The highest BCUT2D eigenvalue weighted by Gasteiger charge is 2.33. The molecular weight excluding hydrogens is 266 g/mol. The minimum absolute atomic E-state index is 0.0432. The number of carbonyl (C=O) groups excluding carboxylic acids is 1. The van der Waals surface area contributed by atoms with Crippen LogP contribution in [-0.2, 0) is 9.53 Å². The molecule has 0 aromatic rings. The van der Waals surface area contributed by atoms with Crippen molar-refractivity contribution in [3.05, 3.63) is 0 Å². The molecule has 0 radical (unpaired) electrons. The maximum absolute atomic E-state index is 11.9. The van der Waals surface area contributed by atoms with Gasteiger partial charge in [0.2, 0.25) is 5.91 Å². The Morgan fingerprint density at radius 3 is 2.43 bits per heavy atom. The summed E-state index contributed by atoms with van der Waals surface area (Å²) in [5.74, 6) is 0.906. The van der Waals surface area contributed by atoms with Crippen LogP contribution < -0.4 is 10.6 Å². The fourth-order valence-corrected chi connectivity index (χ4v) is 2.87. The van der Waals surface area contributed by atoms with Gasteiger partial charge in [0.1, 0.15) is 0 Å². The minimum Gasteiger partial charge on any atom is -0.373 e. The van der Waals surface area contributed by atoms with Crippen molar-refractivity contribution in [3.63, 3.8) is 0 Å². The molecule has 5 nitrogen and oxygen atoms in total. The van der Waals surface area contributed by atoms with Gasteiger partial charge in [-0.1, -0.05) is 0 Å². The summed E-state index contributed by atoms with van der Waals surface area (Å²) in [5.41, 5.74) is -0.0432. The van der Waals surface area contributed by atoms with Gasteiger partial charge in [0.05, 0.1) is 18.8 Å². The lowest BCUT2D eigenvalue weighted by Crippen LogP contribution is -2.59. The first-order chi connectivity index (χ1) is 9.87. The smallest absolute Gasteiger partial charge is 0.234 e. The molecular formula is C16H31N3O2. The molecule has 0 aromatic carbocycles. The van der Waals surface area contributed by atoms with Gasteiger partial charge in [0.25, 0.3) is 0 Å². The van der Waals surface area contributed by atoms with Gasteiger partial charge in [0.15, 0.2) is 0 Å². The topological polar surface area (TPSA) is 53.6 Å². The van der Waals surface area contributed by atoms with E-state index in [2.05, 4.69) is 43.2 Å². The Kier molecular flexibility index (Phi) is 5.63. The third-order valence-corrected chi connectivity index (χ3v) is 4.41. The number of rotatable bonds is 7. The molecule has 122 valence electrons. The first kappa shape index (κ1) is 16.7. The summed E-state index contributed by atoms with van der Waals surface area (Å²) in [7, 11) is 0. The van der Waals surface area contributed by atoms with E-state index in [1.54, 1.807) is 0 Å². The highest BCUT2D eigenvalue weighted by atomic mass is 16.5. The van der Waals surface area contributed by atoms with E-state index >= 15 is 0 Å². The van der Waals surface area contributed by atoms with Crippen LogP contribution in [0.5, 0.6) is 0 Å². The zero-order chi connectivity index (χ0) is 15.5. The van der Waals surface area contributed by atoms with E-state index in [9.17, 15) is 4.79 Å². The Bertz CT molecular complexity index is 345. The van der Waals surface area contributed by atoms with Gasteiger partial charge in [-0.25, -0.2) is 0 Å². The Labute approximate surface area is 128 Å². The molecule has 1 saturated heterocycles. The van der Waals surface area contributed by atoms with E-state index in [0.717, 1.165) is 25.6 Å². The molecule has 2 rings (SSSR count). The van der Waals surface area contributed by atoms with Crippen molar-refractivity contribution in [1.82, 2.24) is 15.5 Å². The second-order valence-corrected chi connectivity index (χ2v) is 7.33. The average Bonchev–Trinajstić information content (AvgIpc) is 3.19. The fourth-order valence-electron chi connectivity index (χ4n) is 2.87. The van der Waals surface area contributed by atoms with Gasteiger partial charge in [-0.3, -0.25) is 9.69 Å². The second-order valence-electron chi connectivity index (χ2n) is 7.33. The van der Waals surface area contributed by atoms with E-state index in [1.807, 2.05) is 0 Å². The lowest BCUT2D eigenvalue weighted by molar-refractivity contribution is -0.122. The number of nitrogens with one attached hydrogen (secondary N) is 2. The number of amides is 1. The van der Waals surface area contributed by atoms with E-state index in [1.165, 1.54) is 12.8 Å². The molecule has 2 atom stereocenters. The van der Waals surface area contributed by atoms with E-state index < -0.39 is 0 Å². The highest BCUT2D eigenvalue weighted by Crippen LogP contribution is 2.27. The van der Waals surface area contributed by atoms with E-state index in [-0.39, 0.29) is 23.7 Å². The number of hydrogen-bond acceptors (Lipinski definition) is 4. The molecule has 2 unspecified atom stereocenters. The molecule has 1 heterocycles. The molecule has 2 fully saturated rings. The van der Waals surface area contributed by atoms with Gasteiger partial charge in [-0.05, 0) is 53.0 Å². The number of ether oxygens (including phenoxy) is 1. The predicted molar refractivity (Wildman–Crippen MR) is 84.3 cm³/mol. The Balaban J connectivity index is 1.70. The second kappa shape index (κ2) is 7.07. The summed E-state index contributed by atoms with van der Waals surface area (Å²) < 4.78 is 5.78. The van der Waals surface area contributed by atoms with Crippen molar-refractivity contribution in [1.29, 1.82) is 0 Å².